The van der Waals surface area contributed by atoms with Crippen LogP contribution in [-0.4, -0.2) is 12.7 Å². The number of rotatable bonds is 0. The van der Waals surface area contributed by atoms with Crippen LogP contribution in [0.1, 0.15) is 44.9 Å². The predicted octanol–water partition coefficient (Wildman–Crippen LogP) is 3.30. The van der Waals surface area contributed by atoms with Gasteiger partial charge >= 0.3 is 0 Å². The van der Waals surface area contributed by atoms with E-state index >= 15 is 0 Å². The molecule has 3 aliphatic carbocycles. The Hall–Kier alpha value is -0.300. The summed E-state index contributed by atoms with van der Waals surface area (Å²) in [6.07, 6.45) is 10.8. The van der Waals surface area contributed by atoms with Gasteiger partial charge in [-0.3, -0.25) is 0 Å². The van der Waals surface area contributed by atoms with E-state index in [0.29, 0.717) is 6.10 Å². The Bertz CT molecular complexity index is 287. The van der Waals surface area contributed by atoms with Crippen molar-refractivity contribution < 1.29 is 4.74 Å². The molecule has 1 heterocycles. The van der Waals surface area contributed by atoms with Crippen LogP contribution in [-0.2, 0) is 4.74 Å². The molecule has 0 bridgehead atoms. The molecule has 1 aliphatic heterocycles. The van der Waals surface area contributed by atoms with Crippen molar-refractivity contribution in [1.82, 2.24) is 0 Å². The molecular formula is C14H20O. The molecule has 1 saturated heterocycles. The van der Waals surface area contributed by atoms with Gasteiger partial charge in [-0.2, -0.15) is 0 Å². The largest absolute Gasteiger partial charge is 0.377 e. The summed E-state index contributed by atoms with van der Waals surface area (Å²) in [5.74, 6) is 2.92. The van der Waals surface area contributed by atoms with Crippen molar-refractivity contribution in [2.24, 2.45) is 17.8 Å². The first-order valence-corrected chi connectivity index (χ1v) is 6.77. The number of ether oxygens (including phenoxy) is 1. The summed E-state index contributed by atoms with van der Waals surface area (Å²) in [6.45, 7) is 1.05. The summed E-state index contributed by atoms with van der Waals surface area (Å²) in [5.41, 5.74) is 3.74. The van der Waals surface area contributed by atoms with Crippen LogP contribution in [0.5, 0.6) is 0 Å². The van der Waals surface area contributed by atoms with Gasteiger partial charge in [0.25, 0.3) is 0 Å². The van der Waals surface area contributed by atoms with E-state index in [9.17, 15) is 0 Å². The molecule has 4 atom stereocenters. The quantitative estimate of drug-likeness (QED) is 0.550. The average molecular weight is 204 g/mol. The minimum absolute atomic E-state index is 0.632. The first kappa shape index (κ1) is 8.81. The fourth-order valence-corrected chi connectivity index (χ4v) is 4.37. The topological polar surface area (TPSA) is 9.23 Å². The molecule has 2 fully saturated rings. The van der Waals surface area contributed by atoms with Gasteiger partial charge in [0.1, 0.15) is 0 Å². The van der Waals surface area contributed by atoms with E-state index in [0.717, 1.165) is 24.4 Å². The van der Waals surface area contributed by atoms with Crippen LogP contribution in [0.4, 0.5) is 0 Å². The Morgan fingerprint density at radius 2 is 1.60 bits per heavy atom. The molecule has 4 rings (SSSR count). The first-order chi connectivity index (χ1) is 7.43. The molecule has 1 saturated carbocycles. The maximum absolute atomic E-state index is 5.66. The van der Waals surface area contributed by atoms with Crippen LogP contribution in [0.15, 0.2) is 11.1 Å². The van der Waals surface area contributed by atoms with E-state index in [1.54, 1.807) is 0 Å². The van der Waals surface area contributed by atoms with Crippen molar-refractivity contribution in [3.8, 4) is 0 Å². The van der Waals surface area contributed by atoms with Crippen LogP contribution in [0.2, 0.25) is 0 Å². The molecule has 0 aromatic carbocycles. The molecule has 0 amide bonds. The van der Waals surface area contributed by atoms with E-state index in [1.165, 1.54) is 44.9 Å². The highest BCUT2D eigenvalue weighted by Gasteiger charge is 2.48. The number of hydrogen-bond acceptors (Lipinski definition) is 1. The smallest absolute Gasteiger partial charge is 0.0665 e. The summed E-state index contributed by atoms with van der Waals surface area (Å²) in [5, 5.41) is 0. The fourth-order valence-electron chi connectivity index (χ4n) is 4.37. The van der Waals surface area contributed by atoms with Crippen LogP contribution < -0.4 is 0 Å². The molecule has 4 aliphatic rings. The van der Waals surface area contributed by atoms with Crippen molar-refractivity contribution in [3.63, 3.8) is 0 Å². The summed E-state index contributed by atoms with van der Waals surface area (Å²) in [7, 11) is 0. The van der Waals surface area contributed by atoms with Gasteiger partial charge in [-0.25, -0.2) is 0 Å². The molecule has 15 heavy (non-hydrogen) atoms. The van der Waals surface area contributed by atoms with Gasteiger partial charge in [0.05, 0.1) is 12.7 Å². The lowest BCUT2D eigenvalue weighted by Gasteiger charge is -2.52. The zero-order valence-electron chi connectivity index (χ0n) is 9.37. The van der Waals surface area contributed by atoms with Gasteiger partial charge in [0.2, 0.25) is 0 Å². The molecule has 1 heteroatoms. The van der Waals surface area contributed by atoms with E-state index in [2.05, 4.69) is 0 Å². The Morgan fingerprint density at radius 1 is 0.867 bits per heavy atom. The average Bonchev–Trinajstić information content (AvgIpc) is 2.40. The molecule has 0 aromatic rings. The van der Waals surface area contributed by atoms with Crippen LogP contribution in [0, 0.1) is 17.8 Å². The van der Waals surface area contributed by atoms with E-state index in [-0.39, 0.29) is 0 Å². The van der Waals surface area contributed by atoms with Crippen molar-refractivity contribution in [1.29, 1.82) is 0 Å². The van der Waals surface area contributed by atoms with Crippen LogP contribution in [0.25, 0.3) is 0 Å². The Labute approximate surface area is 91.9 Å². The van der Waals surface area contributed by atoms with E-state index < -0.39 is 0 Å². The molecule has 82 valence electrons. The van der Waals surface area contributed by atoms with Crippen LogP contribution in [0.3, 0.4) is 0 Å². The summed E-state index contributed by atoms with van der Waals surface area (Å²) < 4.78 is 5.66. The van der Waals surface area contributed by atoms with Crippen molar-refractivity contribution in [3.05, 3.63) is 11.1 Å². The zero-order chi connectivity index (χ0) is 9.83. The van der Waals surface area contributed by atoms with Gasteiger partial charge in [-0.05, 0) is 37.5 Å². The normalized spacial score (nSPS) is 48.0. The molecule has 1 nitrogen and oxygen atoms in total. The van der Waals surface area contributed by atoms with Crippen molar-refractivity contribution >= 4 is 0 Å². The second-order valence-corrected chi connectivity index (χ2v) is 5.94. The van der Waals surface area contributed by atoms with Gasteiger partial charge < -0.3 is 4.74 Å². The van der Waals surface area contributed by atoms with Crippen LogP contribution >= 0.6 is 0 Å². The van der Waals surface area contributed by atoms with Crippen molar-refractivity contribution in [2.75, 3.05) is 6.61 Å². The SMILES string of the molecule is C1CCC2C3=C(CC4OCC4C3)C2CC1. The number of allylic oxidation sites excluding steroid dienone is 1. The Balaban J connectivity index is 1.61. The van der Waals surface area contributed by atoms with Crippen molar-refractivity contribution in [2.45, 2.75) is 51.0 Å². The molecule has 0 N–H and O–H groups in total. The summed E-state index contributed by atoms with van der Waals surface area (Å²) in [6, 6.07) is 0. The third-order valence-electron chi connectivity index (χ3n) is 5.28. The van der Waals surface area contributed by atoms with Gasteiger partial charge in [0.15, 0.2) is 0 Å². The van der Waals surface area contributed by atoms with E-state index in [1.807, 2.05) is 11.1 Å². The first-order valence-electron chi connectivity index (χ1n) is 6.77. The van der Waals surface area contributed by atoms with E-state index in [4.69, 9.17) is 4.74 Å². The van der Waals surface area contributed by atoms with Gasteiger partial charge in [-0.15, -0.1) is 0 Å². The lowest BCUT2D eigenvalue weighted by Crippen LogP contribution is -2.48. The third kappa shape index (κ3) is 1.13. The maximum atomic E-state index is 5.66. The highest BCUT2D eigenvalue weighted by Crippen LogP contribution is 2.56. The Kier molecular flexibility index (Phi) is 1.82. The second-order valence-electron chi connectivity index (χ2n) is 5.94. The second kappa shape index (κ2) is 3.10. The summed E-state index contributed by atoms with van der Waals surface area (Å²) in [4.78, 5) is 0. The standard InChI is InChI=1S/C14H20O/c1-2-4-10-11(5-3-1)13-7-14-9(8-15-14)6-12(10)13/h9-11,14H,1-8H2. The minimum atomic E-state index is 0.632. The molecule has 4 unspecified atom stereocenters. The zero-order valence-corrected chi connectivity index (χ0v) is 9.37. The minimum Gasteiger partial charge on any atom is -0.377 e. The monoisotopic (exact) mass is 204 g/mol. The Morgan fingerprint density at radius 3 is 2.27 bits per heavy atom. The maximum Gasteiger partial charge on any atom is 0.0665 e. The third-order valence-corrected chi connectivity index (χ3v) is 5.28. The lowest BCUT2D eigenvalue weighted by molar-refractivity contribution is -0.124. The molecule has 0 aromatic heterocycles. The molecular weight excluding hydrogens is 184 g/mol. The molecule has 0 spiro atoms. The van der Waals surface area contributed by atoms with Gasteiger partial charge in [-0.1, -0.05) is 30.4 Å². The lowest BCUT2D eigenvalue weighted by atomic mass is 9.58. The highest BCUT2D eigenvalue weighted by atomic mass is 16.5. The number of fused-ring (bicyclic) bond motifs is 4. The van der Waals surface area contributed by atoms with Gasteiger partial charge in [0, 0.05) is 5.92 Å². The predicted molar refractivity (Wildman–Crippen MR) is 59.6 cm³/mol. The number of hydrogen-bond donors (Lipinski definition) is 0. The molecule has 0 radical (unpaired) electrons. The fraction of sp³-hybridized carbons (Fsp3) is 0.857. The highest BCUT2D eigenvalue weighted by molar-refractivity contribution is 5.36. The summed E-state index contributed by atoms with van der Waals surface area (Å²) >= 11 is 0.